The molecule has 0 saturated carbocycles. The van der Waals surface area contributed by atoms with Gasteiger partial charge in [-0.05, 0) is 0 Å². The van der Waals surface area contributed by atoms with E-state index in [0.29, 0.717) is 5.69 Å². The molecule has 0 fully saturated rings. The first kappa shape index (κ1) is 5.74. The Labute approximate surface area is 51.6 Å². The third kappa shape index (κ3) is 1.25. The van der Waals surface area contributed by atoms with E-state index in [1.165, 1.54) is 17.2 Å². The maximum Gasteiger partial charge on any atom is 0.127 e. The molecule has 1 N–H and O–H groups in total. The van der Waals surface area contributed by atoms with Gasteiger partial charge in [0.05, 0.1) is 12.4 Å². The Balaban J connectivity index is 2.85. The predicted molar refractivity (Wildman–Crippen MR) is 30.4 cm³/mol. The topological polar surface area (TPSA) is 63.3 Å². The van der Waals surface area contributed by atoms with Gasteiger partial charge in [-0.1, -0.05) is 5.16 Å². The summed E-state index contributed by atoms with van der Waals surface area (Å²) in [7, 11) is 1.69. The second-order valence-electron chi connectivity index (χ2n) is 1.50. The SMILES string of the molecule is Cn1ncc(/C=N/O)n1. The Morgan fingerprint density at radius 2 is 2.67 bits per heavy atom. The van der Waals surface area contributed by atoms with Gasteiger partial charge in [-0.15, -0.1) is 0 Å². The van der Waals surface area contributed by atoms with Gasteiger partial charge in [0, 0.05) is 7.05 Å². The smallest absolute Gasteiger partial charge is 0.127 e. The van der Waals surface area contributed by atoms with Crippen molar-refractivity contribution in [2.24, 2.45) is 12.2 Å². The normalized spacial score (nSPS) is 10.8. The highest BCUT2D eigenvalue weighted by Crippen LogP contribution is 1.82. The molecule has 1 rings (SSSR count). The van der Waals surface area contributed by atoms with Gasteiger partial charge < -0.3 is 5.21 Å². The van der Waals surface area contributed by atoms with Crippen LogP contribution in [0, 0.1) is 0 Å². The molecule has 48 valence electrons. The fraction of sp³-hybridized carbons (Fsp3) is 0.250. The Morgan fingerprint density at radius 3 is 3.11 bits per heavy atom. The highest BCUT2D eigenvalue weighted by atomic mass is 16.4. The number of aromatic nitrogens is 3. The number of aryl methyl sites for hydroxylation is 1. The monoisotopic (exact) mass is 126 g/mol. The van der Waals surface area contributed by atoms with Crippen LogP contribution in [0.2, 0.25) is 0 Å². The lowest BCUT2D eigenvalue weighted by atomic mass is 10.5. The Kier molecular flexibility index (Phi) is 1.44. The maximum absolute atomic E-state index is 8.02. The molecule has 5 heteroatoms. The second kappa shape index (κ2) is 2.25. The molecule has 0 aliphatic rings. The molecule has 1 aromatic heterocycles. The van der Waals surface area contributed by atoms with Gasteiger partial charge in [-0.25, -0.2) is 0 Å². The zero-order valence-electron chi connectivity index (χ0n) is 4.89. The lowest BCUT2D eigenvalue weighted by Crippen LogP contribution is -1.92. The van der Waals surface area contributed by atoms with Crippen LogP contribution in [-0.4, -0.2) is 26.4 Å². The van der Waals surface area contributed by atoms with Crippen LogP contribution in [0.5, 0.6) is 0 Å². The minimum Gasteiger partial charge on any atom is -0.411 e. The Hall–Kier alpha value is -1.39. The molecule has 0 unspecified atom stereocenters. The predicted octanol–water partition coefficient (Wildman–Crippen LogP) is -0.377. The third-order valence-electron chi connectivity index (χ3n) is 0.807. The van der Waals surface area contributed by atoms with E-state index >= 15 is 0 Å². The maximum atomic E-state index is 8.02. The van der Waals surface area contributed by atoms with E-state index in [9.17, 15) is 0 Å². The zero-order valence-corrected chi connectivity index (χ0v) is 4.89. The highest BCUT2D eigenvalue weighted by molar-refractivity contribution is 5.75. The molecule has 1 heterocycles. The number of rotatable bonds is 1. The minimum atomic E-state index is 0.542. The fourth-order valence-electron chi connectivity index (χ4n) is 0.480. The molecule has 0 saturated heterocycles. The van der Waals surface area contributed by atoms with E-state index in [4.69, 9.17) is 5.21 Å². The number of hydrogen-bond acceptors (Lipinski definition) is 4. The van der Waals surface area contributed by atoms with E-state index in [1.54, 1.807) is 7.05 Å². The molecular weight excluding hydrogens is 120 g/mol. The summed E-state index contributed by atoms with van der Waals surface area (Å²) in [6.07, 6.45) is 2.72. The quantitative estimate of drug-likeness (QED) is 0.317. The summed E-state index contributed by atoms with van der Waals surface area (Å²) < 4.78 is 0. The Bertz CT molecular complexity index is 216. The largest absolute Gasteiger partial charge is 0.411 e. The average Bonchev–Trinajstić information content (AvgIpc) is 2.17. The van der Waals surface area contributed by atoms with Crippen molar-refractivity contribution < 1.29 is 5.21 Å². The number of hydrogen-bond donors (Lipinski definition) is 1. The molecule has 0 bridgehead atoms. The van der Waals surface area contributed by atoms with Gasteiger partial charge in [0.25, 0.3) is 0 Å². The molecule has 0 spiro atoms. The molecule has 9 heavy (non-hydrogen) atoms. The van der Waals surface area contributed by atoms with Crippen LogP contribution in [0.15, 0.2) is 11.4 Å². The highest BCUT2D eigenvalue weighted by Gasteiger charge is 1.90. The summed E-state index contributed by atoms with van der Waals surface area (Å²) in [5.41, 5.74) is 0.542. The summed E-state index contributed by atoms with van der Waals surface area (Å²) >= 11 is 0. The Morgan fingerprint density at radius 1 is 1.89 bits per heavy atom. The number of oxime groups is 1. The van der Waals surface area contributed by atoms with Crippen LogP contribution in [0.25, 0.3) is 0 Å². The van der Waals surface area contributed by atoms with Crippen LogP contribution in [-0.2, 0) is 7.05 Å². The van der Waals surface area contributed by atoms with Gasteiger partial charge in [0.15, 0.2) is 0 Å². The minimum absolute atomic E-state index is 0.542. The number of nitrogens with zero attached hydrogens (tertiary/aromatic N) is 4. The summed E-state index contributed by atoms with van der Waals surface area (Å²) in [5, 5.41) is 18.3. The van der Waals surface area contributed by atoms with Gasteiger partial charge in [0.1, 0.15) is 5.69 Å². The van der Waals surface area contributed by atoms with E-state index in [2.05, 4.69) is 15.4 Å². The standard InChI is InChI=1S/C4H6N4O/c1-8-5-2-4(7-8)3-6-9/h2-3,9H,1H3/b6-3+. The van der Waals surface area contributed by atoms with E-state index in [0.717, 1.165) is 0 Å². The second-order valence-corrected chi connectivity index (χ2v) is 1.50. The first-order chi connectivity index (χ1) is 4.33. The van der Waals surface area contributed by atoms with Crippen molar-refractivity contribution in [2.45, 2.75) is 0 Å². The van der Waals surface area contributed by atoms with Crippen molar-refractivity contribution >= 4 is 6.21 Å². The lowest BCUT2D eigenvalue weighted by molar-refractivity contribution is 0.321. The fourth-order valence-corrected chi connectivity index (χ4v) is 0.480. The lowest BCUT2D eigenvalue weighted by Gasteiger charge is -1.78. The molecule has 0 aliphatic heterocycles. The van der Waals surface area contributed by atoms with Crippen molar-refractivity contribution in [1.82, 2.24) is 15.0 Å². The summed E-state index contributed by atoms with van der Waals surface area (Å²) in [4.78, 5) is 1.39. The van der Waals surface area contributed by atoms with Gasteiger partial charge in [0.2, 0.25) is 0 Å². The molecule has 0 aromatic carbocycles. The van der Waals surface area contributed by atoms with Crippen LogP contribution in [0.3, 0.4) is 0 Å². The molecule has 0 radical (unpaired) electrons. The van der Waals surface area contributed by atoms with Crippen molar-refractivity contribution in [2.75, 3.05) is 0 Å². The van der Waals surface area contributed by atoms with Crippen LogP contribution in [0.4, 0.5) is 0 Å². The van der Waals surface area contributed by atoms with Crippen LogP contribution in [0.1, 0.15) is 5.69 Å². The van der Waals surface area contributed by atoms with Crippen molar-refractivity contribution in [1.29, 1.82) is 0 Å². The van der Waals surface area contributed by atoms with Crippen LogP contribution < -0.4 is 0 Å². The van der Waals surface area contributed by atoms with Gasteiger partial charge >= 0.3 is 0 Å². The van der Waals surface area contributed by atoms with E-state index in [-0.39, 0.29) is 0 Å². The molecule has 1 aromatic rings. The first-order valence-electron chi connectivity index (χ1n) is 2.36. The van der Waals surface area contributed by atoms with Crippen LogP contribution >= 0.6 is 0 Å². The van der Waals surface area contributed by atoms with Gasteiger partial charge in [-0.2, -0.15) is 15.0 Å². The molecule has 5 nitrogen and oxygen atoms in total. The molecular formula is C4H6N4O. The third-order valence-corrected chi connectivity index (χ3v) is 0.807. The molecule has 0 aliphatic carbocycles. The first-order valence-corrected chi connectivity index (χ1v) is 2.36. The van der Waals surface area contributed by atoms with E-state index < -0.39 is 0 Å². The molecule has 0 atom stereocenters. The van der Waals surface area contributed by atoms with E-state index in [1.807, 2.05) is 0 Å². The summed E-state index contributed by atoms with van der Waals surface area (Å²) in [5.74, 6) is 0. The summed E-state index contributed by atoms with van der Waals surface area (Å²) in [6, 6.07) is 0. The van der Waals surface area contributed by atoms with Crippen molar-refractivity contribution in [3.8, 4) is 0 Å². The van der Waals surface area contributed by atoms with Crippen molar-refractivity contribution in [3.63, 3.8) is 0 Å². The zero-order chi connectivity index (χ0) is 6.69. The summed E-state index contributed by atoms with van der Waals surface area (Å²) in [6.45, 7) is 0. The molecule has 0 amide bonds. The van der Waals surface area contributed by atoms with Gasteiger partial charge in [-0.3, -0.25) is 0 Å². The average molecular weight is 126 g/mol. The van der Waals surface area contributed by atoms with Crippen molar-refractivity contribution in [3.05, 3.63) is 11.9 Å².